The van der Waals surface area contributed by atoms with Gasteiger partial charge in [0.1, 0.15) is 0 Å². The van der Waals surface area contributed by atoms with Crippen molar-refractivity contribution in [2.24, 2.45) is 0 Å². The van der Waals surface area contributed by atoms with E-state index in [1.807, 2.05) is 31.2 Å². The maximum absolute atomic E-state index is 11.3. The molecule has 0 unspecified atom stereocenters. The van der Waals surface area contributed by atoms with Crippen molar-refractivity contribution in [1.29, 1.82) is 0 Å². The van der Waals surface area contributed by atoms with Gasteiger partial charge in [0.2, 0.25) is 5.89 Å². The zero-order valence-electron chi connectivity index (χ0n) is 8.02. The maximum atomic E-state index is 11.3. The molecule has 14 heavy (non-hydrogen) atoms. The first-order chi connectivity index (χ1) is 6.66. The summed E-state index contributed by atoms with van der Waals surface area (Å²) in [6, 6.07) is 7.53. The molecule has 72 valence electrons. The molecule has 0 N–H and O–H groups in total. The lowest BCUT2D eigenvalue weighted by Gasteiger charge is -1.98. The zero-order chi connectivity index (χ0) is 10.1. The van der Waals surface area contributed by atoms with Crippen molar-refractivity contribution in [3.05, 3.63) is 46.3 Å². The second kappa shape index (κ2) is 3.14. The van der Waals surface area contributed by atoms with Crippen molar-refractivity contribution in [2.45, 2.75) is 13.8 Å². The predicted octanol–water partition coefficient (Wildman–Crippen LogP) is 1.44. The Bertz CT molecular complexity index is 511. The fourth-order valence-corrected chi connectivity index (χ4v) is 1.29. The van der Waals surface area contributed by atoms with Crippen LogP contribution in [0.2, 0.25) is 0 Å². The monoisotopic (exact) mass is 190 g/mol. The fourth-order valence-electron chi connectivity index (χ4n) is 1.29. The highest BCUT2D eigenvalue weighted by molar-refractivity contribution is 5.33. The number of aryl methyl sites for hydroxylation is 2. The third kappa shape index (κ3) is 1.46. The van der Waals surface area contributed by atoms with E-state index >= 15 is 0 Å². The van der Waals surface area contributed by atoms with Gasteiger partial charge < -0.3 is 4.42 Å². The van der Waals surface area contributed by atoms with E-state index in [9.17, 15) is 4.79 Å². The van der Waals surface area contributed by atoms with Gasteiger partial charge in [-0.15, -0.1) is 5.10 Å². The van der Waals surface area contributed by atoms with Crippen LogP contribution in [0.1, 0.15) is 11.5 Å². The number of hydrogen-bond acceptors (Lipinski definition) is 3. The second-order valence-electron chi connectivity index (χ2n) is 3.14. The van der Waals surface area contributed by atoms with Crippen LogP contribution in [0.25, 0.3) is 5.69 Å². The minimum Gasteiger partial charge on any atom is -0.392 e. The summed E-state index contributed by atoms with van der Waals surface area (Å²) in [6.07, 6.45) is 0. The minimum absolute atomic E-state index is 0.372. The highest BCUT2D eigenvalue weighted by atomic mass is 16.4. The van der Waals surface area contributed by atoms with Gasteiger partial charge in [0.05, 0.1) is 5.69 Å². The normalized spacial score (nSPS) is 10.4. The molecule has 0 spiro atoms. The summed E-state index contributed by atoms with van der Waals surface area (Å²) in [5.74, 6) is -0.0791. The molecule has 4 nitrogen and oxygen atoms in total. The average Bonchev–Trinajstić information content (AvgIpc) is 2.45. The summed E-state index contributed by atoms with van der Waals surface area (Å²) >= 11 is 0. The molecule has 0 aliphatic rings. The SMILES string of the molecule is Cc1cccc(-n2nc(C)oc2=O)c1. The van der Waals surface area contributed by atoms with Crippen molar-refractivity contribution in [3.63, 3.8) is 0 Å². The van der Waals surface area contributed by atoms with Crippen LogP contribution in [-0.4, -0.2) is 9.78 Å². The Labute approximate surface area is 80.8 Å². The minimum atomic E-state index is -0.451. The smallest absolute Gasteiger partial charge is 0.392 e. The van der Waals surface area contributed by atoms with Gasteiger partial charge in [-0.2, -0.15) is 4.68 Å². The Balaban J connectivity index is 2.60. The molecule has 0 aliphatic carbocycles. The lowest BCUT2D eigenvalue weighted by atomic mass is 10.2. The molecule has 2 rings (SSSR count). The van der Waals surface area contributed by atoms with Crippen LogP contribution in [0.3, 0.4) is 0 Å². The molecule has 1 aromatic carbocycles. The molecule has 0 radical (unpaired) electrons. The number of aromatic nitrogens is 2. The standard InChI is InChI=1S/C10H10N2O2/c1-7-4-3-5-9(6-7)12-10(13)14-8(2)11-12/h3-6H,1-2H3. The van der Waals surface area contributed by atoms with E-state index in [2.05, 4.69) is 5.10 Å². The van der Waals surface area contributed by atoms with Gasteiger partial charge in [-0.1, -0.05) is 12.1 Å². The van der Waals surface area contributed by atoms with Crippen LogP contribution in [0.15, 0.2) is 33.5 Å². The summed E-state index contributed by atoms with van der Waals surface area (Å²) in [7, 11) is 0. The molecule has 0 bridgehead atoms. The summed E-state index contributed by atoms with van der Waals surface area (Å²) in [5.41, 5.74) is 1.81. The molecule has 0 aliphatic heterocycles. The van der Waals surface area contributed by atoms with Gasteiger partial charge in [-0.05, 0) is 24.6 Å². The number of hydrogen-bond donors (Lipinski definition) is 0. The summed E-state index contributed by atoms with van der Waals surface area (Å²) in [6.45, 7) is 3.61. The van der Waals surface area contributed by atoms with E-state index in [4.69, 9.17) is 4.42 Å². The zero-order valence-corrected chi connectivity index (χ0v) is 8.02. The second-order valence-corrected chi connectivity index (χ2v) is 3.14. The topological polar surface area (TPSA) is 48.0 Å². The van der Waals surface area contributed by atoms with Crippen molar-refractivity contribution < 1.29 is 4.42 Å². The van der Waals surface area contributed by atoms with Gasteiger partial charge >= 0.3 is 5.76 Å². The number of nitrogens with zero attached hydrogens (tertiary/aromatic N) is 2. The first kappa shape index (κ1) is 8.74. The third-order valence-electron chi connectivity index (χ3n) is 1.90. The van der Waals surface area contributed by atoms with Crippen molar-refractivity contribution in [1.82, 2.24) is 9.78 Å². The van der Waals surface area contributed by atoms with Crippen molar-refractivity contribution >= 4 is 0 Å². The van der Waals surface area contributed by atoms with E-state index in [0.717, 1.165) is 11.3 Å². The molecular formula is C10H10N2O2. The Kier molecular flexibility index (Phi) is 1.96. The molecule has 0 fully saturated rings. The summed E-state index contributed by atoms with van der Waals surface area (Å²) < 4.78 is 6.06. The van der Waals surface area contributed by atoms with Gasteiger partial charge in [0, 0.05) is 6.92 Å². The molecule has 0 amide bonds. The summed E-state index contributed by atoms with van der Waals surface area (Å²) in [5, 5.41) is 3.96. The van der Waals surface area contributed by atoms with Crippen molar-refractivity contribution in [2.75, 3.05) is 0 Å². The van der Waals surface area contributed by atoms with Crippen LogP contribution in [0.5, 0.6) is 0 Å². The van der Waals surface area contributed by atoms with Gasteiger partial charge in [0.15, 0.2) is 0 Å². The fraction of sp³-hybridized carbons (Fsp3) is 0.200. The van der Waals surface area contributed by atoms with Gasteiger partial charge in [0.25, 0.3) is 0 Å². The molecule has 0 atom stereocenters. The Hall–Kier alpha value is -1.84. The third-order valence-corrected chi connectivity index (χ3v) is 1.90. The molecule has 1 aromatic heterocycles. The Morgan fingerprint density at radius 1 is 1.36 bits per heavy atom. The van der Waals surface area contributed by atoms with Crippen LogP contribution in [0.4, 0.5) is 0 Å². The Morgan fingerprint density at radius 2 is 2.14 bits per heavy atom. The summed E-state index contributed by atoms with van der Waals surface area (Å²) in [4.78, 5) is 11.3. The van der Waals surface area contributed by atoms with Crippen LogP contribution >= 0.6 is 0 Å². The maximum Gasteiger partial charge on any atom is 0.441 e. The Morgan fingerprint density at radius 3 is 2.71 bits per heavy atom. The van der Waals surface area contributed by atoms with Crippen molar-refractivity contribution in [3.8, 4) is 5.69 Å². The molecule has 1 heterocycles. The number of benzene rings is 1. The van der Waals surface area contributed by atoms with Crippen LogP contribution in [0, 0.1) is 13.8 Å². The van der Waals surface area contributed by atoms with Gasteiger partial charge in [-0.25, -0.2) is 4.79 Å². The van der Waals surface area contributed by atoms with E-state index in [1.54, 1.807) is 6.92 Å². The largest absolute Gasteiger partial charge is 0.441 e. The molecule has 0 saturated heterocycles. The van der Waals surface area contributed by atoms with Gasteiger partial charge in [-0.3, -0.25) is 0 Å². The predicted molar refractivity (Wildman–Crippen MR) is 51.6 cm³/mol. The molecule has 2 aromatic rings. The quantitative estimate of drug-likeness (QED) is 0.683. The first-order valence-corrected chi connectivity index (χ1v) is 4.30. The lowest BCUT2D eigenvalue weighted by molar-refractivity contribution is 0.477. The first-order valence-electron chi connectivity index (χ1n) is 4.30. The van der Waals surface area contributed by atoms with E-state index in [0.29, 0.717) is 5.89 Å². The highest BCUT2D eigenvalue weighted by Crippen LogP contribution is 2.06. The van der Waals surface area contributed by atoms with E-state index in [1.165, 1.54) is 4.68 Å². The highest BCUT2D eigenvalue weighted by Gasteiger charge is 2.05. The molecule has 4 heteroatoms. The lowest BCUT2D eigenvalue weighted by Crippen LogP contribution is -2.13. The van der Waals surface area contributed by atoms with E-state index in [-0.39, 0.29) is 0 Å². The number of rotatable bonds is 1. The van der Waals surface area contributed by atoms with E-state index < -0.39 is 5.76 Å². The van der Waals surface area contributed by atoms with Crippen LogP contribution < -0.4 is 5.76 Å². The molecular weight excluding hydrogens is 180 g/mol. The van der Waals surface area contributed by atoms with Crippen LogP contribution in [-0.2, 0) is 0 Å². The molecule has 0 saturated carbocycles. The average molecular weight is 190 g/mol.